The summed E-state index contributed by atoms with van der Waals surface area (Å²) < 4.78 is 0. The lowest BCUT2D eigenvalue weighted by atomic mass is 10.1. The van der Waals surface area contributed by atoms with Gasteiger partial charge in [0, 0.05) is 20.6 Å². The van der Waals surface area contributed by atoms with Gasteiger partial charge < -0.3 is 10.2 Å². The first-order valence-electron chi connectivity index (χ1n) is 6.42. The summed E-state index contributed by atoms with van der Waals surface area (Å²) in [5.74, 6) is 0. The monoisotopic (exact) mass is 252 g/mol. The molecule has 0 amide bonds. The molecular formula is C17H20N2. The maximum Gasteiger partial charge on any atom is 0.0596 e. The molecule has 98 valence electrons. The Morgan fingerprint density at radius 2 is 1.63 bits per heavy atom. The maximum atomic E-state index is 4.14. The van der Waals surface area contributed by atoms with Crippen molar-refractivity contribution in [3.05, 3.63) is 66.7 Å². The summed E-state index contributed by atoms with van der Waals surface area (Å²) >= 11 is 0. The van der Waals surface area contributed by atoms with Crippen LogP contribution in [0.1, 0.15) is 5.56 Å². The first kappa shape index (κ1) is 13.2. The zero-order valence-corrected chi connectivity index (χ0v) is 11.6. The Kier molecular flexibility index (Phi) is 4.24. The molecular weight excluding hydrogens is 232 g/mol. The van der Waals surface area contributed by atoms with Crippen LogP contribution < -0.4 is 10.2 Å². The molecule has 2 nitrogen and oxygen atoms in total. The van der Waals surface area contributed by atoms with Crippen molar-refractivity contribution < 1.29 is 0 Å². The average Bonchev–Trinajstić information content (AvgIpc) is 2.46. The van der Waals surface area contributed by atoms with E-state index in [1.54, 1.807) is 0 Å². The van der Waals surface area contributed by atoms with Crippen LogP contribution >= 0.6 is 0 Å². The molecule has 0 radical (unpaired) electrons. The standard InChI is InChI=1S/C17H20N2/c1-14(15-9-5-4-6-10-15)13-18-16-11-7-8-12-17(16)19(2)3/h4-12,18H,1,13H2,2-3H3. The van der Waals surface area contributed by atoms with E-state index in [-0.39, 0.29) is 0 Å². The lowest BCUT2D eigenvalue weighted by Gasteiger charge is -2.19. The summed E-state index contributed by atoms with van der Waals surface area (Å²) in [5.41, 5.74) is 4.58. The number of para-hydroxylation sites is 2. The van der Waals surface area contributed by atoms with E-state index in [0.29, 0.717) is 0 Å². The van der Waals surface area contributed by atoms with Crippen molar-refractivity contribution in [2.75, 3.05) is 30.9 Å². The van der Waals surface area contributed by atoms with Crippen LogP contribution in [0.2, 0.25) is 0 Å². The fourth-order valence-corrected chi connectivity index (χ4v) is 1.99. The number of anilines is 2. The molecule has 0 aliphatic carbocycles. The van der Waals surface area contributed by atoms with E-state index in [1.165, 1.54) is 11.3 Å². The van der Waals surface area contributed by atoms with E-state index in [0.717, 1.165) is 17.8 Å². The highest BCUT2D eigenvalue weighted by molar-refractivity contribution is 5.73. The van der Waals surface area contributed by atoms with Gasteiger partial charge in [-0.15, -0.1) is 0 Å². The van der Waals surface area contributed by atoms with E-state index < -0.39 is 0 Å². The van der Waals surface area contributed by atoms with E-state index >= 15 is 0 Å². The molecule has 2 heteroatoms. The quantitative estimate of drug-likeness (QED) is 0.868. The van der Waals surface area contributed by atoms with Crippen molar-refractivity contribution in [3.63, 3.8) is 0 Å². The topological polar surface area (TPSA) is 15.3 Å². The Labute approximate surface area is 115 Å². The van der Waals surface area contributed by atoms with Gasteiger partial charge in [0.05, 0.1) is 11.4 Å². The van der Waals surface area contributed by atoms with Crippen molar-refractivity contribution in [3.8, 4) is 0 Å². The third-order valence-electron chi connectivity index (χ3n) is 3.06. The maximum absolute atomic E-state index is 4.14. The van der Waals surface area contributed by atoms with Crippen molar-refractivity contribution in [2.45, 2.75) is 0 Å². The predicted molar refractivity (Wildman–Crippen MR) is 84.7 cm³/mol. The fourth-order valence-electron chi connectivity index (χ4n) is 1.99. The molecule has 0 atom stereocenters. The zero-order chi connectivity index (χ0) is 13.7. The van der Waals surface area contributed by atoms with Gasteiger partial charge in [0.25, 0.3) is 0 Å². The molecule has 0 unspecified atom stereocenters. The second kappa shape index (κ2) is 6.10. The molecule has 1 N–H and O–H groups in total. The normalized spacial score (nSPS) is 10.0. The largest absolute Gasteiger partial charge is 0.379 e. The highest BCUT2D eigenvalue weighted by Gasteiger charge is 2.04. The molecule has 2 aromatic rings. The molecule has 0 saturated carbocycles. The summed E-state index contributed by atoms with van der Waals surface area (Å²) in [6.45, 7) is 4.88. The van der Waals surface area contributed by atoms with E-state index in [1.807, 2.05) is 44.4 Å². The summed E-state index contributed by atoms with van der Waals surface area (Å²) in [6, 6.07) is 18.5. The minimum Gasteiger partial charge on any atom is -0.379 e. The van der Waals surface area contributed by atoms with E-state index in [9.17, 15) is 0 Å². The van der Waals surface area contributed by atoms with Gasteiger partial charge in [-0.25, -0.2) is 0 Å². The lowest BCUT2D eigenvalue weighted by molar-refractivity contribution is 1.13. The van der Waals surface area contributed by atoms with Crippen LogP contribution in [0.25, 0.3) is 5.57 Å². The van der Waals surface area contributed by atoms with Crippen LogP contribution in [0.15, 0.2) is 61.2 Å². The van der Waals surface area contributed by atoms with Crippen LogP contribution in [0.4, 0.5) is 11.4 Å². The van der Waals surface area contributed by atoms with Gasteiger partial charge >= 0.3 is 0 Å². The number of benzene rings is 2. The van der Waals surface area contributed by atoms with Crippen molar-refractivity contribution >= 4 is 16.9 Å². The minimum absolute atomic E-state index is 0.745. The first-order valence-corrected chi connectivity index (χ1v) is 6.42. The Hall–Kier alpha value is -2.22. The van der Waals surface area contributed by atoms with Gasteiger partial charge in [-0.1, -0.05) is 49.0 Å². The highest BCUT2D eigenvalue weighted by Crippen LogP contribution is 2.24. The Morgan fingerprint density at radius 3 is 2.32 bits per heavy atom. The summed E-state index contributed by atoms with van der Waals surface area (Å²) in [4.78, 5) is 2.10. The van der Waals surface area contributed by atoms with Crippen LogP contribution in [0.3, 0.4) is 0 Å². The number of nitrogens with one attached hydrogen (secondary N) is 1. The second-order valence-corrected chi connectivity index (χ2v) is 4.73. The summed E-state index contributed by atoms with van der Waals surface area (Å²) in [6.07, 6.45) is 0. The number of nitrogens with zero attached hydrogens (tertiary/aromatic N) is 1. The molecule has 0 aliphatic heterocycles. The van der Waals surface area contributed by atoms with Gasteiger partial charge in [0.2, 0.25) is 0 Å². The molecule has 2 aromatic carbocycles. The van der Waals surface area contributed by atoms with Crippen LogP contribution in [0, 0.1) is 0 Å². The average molecular weight is 252 g/mol. The zero-order valence-electron chi connectivity index (χ0n) is 11.6. The van der Waals surface area contributed by atoms with E-state index in [2.05, 4.69) is 41.1 Å². The smallest absolute Gasteiger partial charge is 0.0596 e. The van der Waals surface area contributed by atoms with Crippen molar-refractivity contribution in [2.24, 2.45) is 0 Å². The summed E-state index contributed by atoms with van der Waals surface area (Å²) in [7, 11) is 4.10. The molecule has 0 fully saturated rings. The van der Waals surface area contributed by atoms with Gasteiger partial charge in [0.15, 0.2) is 0 Å². The predicted octanol–water partition coefficient (Wildman–Crippen LogP) is 3.88. The van der Waals surface area contributed by atoms with Gasteiger partial charge in [-0.05, 0) is 23.3 Å². The molecule has 0 aliphatic rings. The number of hydrogen-bond acceptors (Lipinski definition) is 2. The molecule has 0 aromatic heterocycles. The third-order valence-corrected chi connectivity index (χ3v) is 3.06. The Balaban J connectivity index is 2.05. The summed E-state index contributed by atoms with van der Waals surface area (Å²) in [5, 5.41) is 3.45. The SMILES string of the molecule is C=C(CNc1ccccc1N(C)C)c1ccccc1. The molecule has 2 rings (SSSR count). The first-order chi connectivity index (χ1) is 9.18. The molecule has 0 heterocycles. The Morgan fingerprint density at radius 1 is 1.00 bits per heavy atom. The third kappa shape index (κ3) is 3.38. The lowest BCUT2D eigenvalue weighted by Crippen LogP contribution is -2.13. The molecule has 0 saturated heterocycles. The number of rotatable bonds is 5. The number of hydrogen-bond donors (Lipinski definition) is 1. The van der Waals surface area contributed by atoms with Crippen molar-refractivity contribution in [1.82, 2.24) is 0 Å². The van der Waals surface area contributed by atoms with Crippen molar-refractivity contribution in [1.29, 1.82) is 0 Å². The van der Waals surface area contributed by atoms with Crippen LogP contribution in [-0.4, -0.2) is 20.6 Å². The highest BCUT2D eigenvalue weighted by atomic mass is 15.1. The van der Waals surface area contributed by atoms with Crippen LogP contribution in [-0.2, 0) is 0 Å². The molecule has 0 bridgehead atoms. The molecule has 0 spiro atoms. The Bertz CT molecular complexity index is 544. The van der Waals surface area contributed by atoms with Gasteiger partial charge in [-0.2, -0.15) is 0 Å². The second-order valence-electron chi connectivity index (χ2n) is 4.73. The van der Waals surface area contributed by atoms with Gasteiger partial charge in [0.1, 0.15) is 0 Å². The van der Waals surface area contributed by atoms with E-state index in [4.69, 9.17) is 0 Å². The fraction of sp³-hybridized carbons (Fsp3) is 0.176. The molecule has 19 heavy (non-hydrogen) atoms. The minimum atomic E-state index is 0.745. The van der Waals surface area contributed by atoms with Gasteiger partial charge in [-0.3, -0.25) is 0 Å². The van der Waals surface area contributed by atoms with Crippen LogP contribution in [0.5, 0.6) is 0 Å².